The third-order valence-corrected chi connectivity index (χ3v) is 8.14. The van der Waals surface area contributed by atoms with Gasteiger partial charge in [-0.15, -0.1) is 11.3 Å². The molecule has 34 heavy (non-hydrogen) atoms. The van der Waals surface area contributed by atoms with E-state index in [1.807, 2.05) is 18.4 Å². The average molecular weight is 497 g/mol. The van der Waals surface area contributed by atoms with Crippen LogP contribution in [0.1, 0.15) is 27.2 Å². The van der Waals surface area contributed by atoms with Crippen molar-refractivity contribution in [3.8, 4) is 5.75 Å². The van der Waals surface area contributed by atoms with Crippen LogP contribution >= 0.6 is 23.1 Å². The maximum absolute atomic E-state index is 13.1. The fourth-order valence-corrected chi connectivity index (χ4v) is 6.12. The minimum Gasteiger partial charge on any atom is -0.493 e. The first-order chi connectivity index (χ1) is 16.5. The molecule has 0 aliphatic carbocycles. The molecule has 0 unspecified atom stereocenters. The second kappa shape index (κ2) is 9.73. The lowest BCUT2D eigenvalue weighted by atomic mass is 10.1. The van der Waals surface area contributed by atoms with Gasteiger partial charge in [-0.3, -0.25) is 19.8 Å². The molecule has 0 saturated carbocycles. The Hall–Kier alpha value is -2.95. The molecule has 0 atom stereocenters. The summed E-state index contributed by atoms with van der Waals surface area (Å²) in [6, 6.07) is 11.1. The van der Waals surface area contributed by atoms with Crippen molar-refractivity contribution in [3.05, 3.63) is 74.3 Å². The van der Waals surface area contributed by atoms with Gasteiger partial charge in [0.1, 0.15) is 5.75 Å². The van der Waals surface area contributed by atoms with E-state index in [9.17, 15) is 14.9 Å². The highest BCUT2D eigenvalue weighted by molar-refractivity contribution is 8.01. The SMILES string of the molecule is Cc1csc(Sc2ccc(C(=O)N3CCN(Cc4ccc5c(c4)CCO5)CC3)cc2[N+](=O)[O-])n1. The summed E-state index contributed by atoms with van der Waals surface area (Å²) in [5.74, 6) is 0.818. The fraction of sp³-hybridized carbons (Fsp3) is 0.333. The van der Waals surface area contributed by atoms with Crippen molar-refractivity contribution in [1.29, 1.82) is 0 Å². The van der Waals surface area contributed by atoms with Crippen LogP contribution in [0.4, 0.5) is 5.69 Å². The van der Waals surface area contributed by atoms with E-state index in [1.54, 1.807) is 17.0 Å². The van der Waals surface area contributed by atoms with Gasteiger partial charge in [-0.1, -0.05) is 23.9 Å². The van der Waals surface area contributed by atoms with Crippen LogP contribution < -0.4 is 4.74 Å². The molecule has 176 valence electrons. The van der Waals surface area contributed by atoms with Gasteiger partial charge in [0.25, 0.3) is 11.6 Å². The quantitative estimate of drug-likeness (QED) is 0.369. The van der Waals surface area contributed by atoms with Gasteiger partial charge in [-0.2, -0.15) is 0 Å². The molecule has 3 aromatic rings. The number of amides is 1. The highest BCUT2D eigenvalue weighted by Gasteiger charge is 2.25. The number of rotatable bonds is 6. The summed E-state index contributed by atoms with van der Waals surface area (Å²) >= 11 is 2.70. The average Bonchev–Trinajstić information content (AvgIpc) is 3.47. The van der Waals surface area contributed by atoms with Gasteiger partial charge in [-0.05, 0) is 36.2 Å². The summed E-state index contributed by atoms with van der Waals surface area (Å²) < 4.78 is 6.33. The molecule has 1 saturated heterocycles. The second-order valence-electron chi connectivity index (χ2n) is 8.41. The van der Waals surface area contributed by atoms with Gasteiger partial charge in [0.2, 0.25) is 0 Å². The van der Waals surface area contributed by atoms with Gasteiger partial charge in [0, 0.05) is 61.8 Å². The topological polar surface area (TPSA) is 88.8 Å². The first kappa shape index (κ1) is 22.8. The van der Waals surface area contributed by atoms with Crippen molar-refractivity contribution in [2.75, 3.05) is 32.8 Å². The van der Waals surface area contributed by atoms with E-state index in [1.165, 1.54) is 40.3 Å². The summed E-state index contributed by atoms with van der Waals surface area (Å²) in [7, 11) is 0. The number of aryl methyl sites for hydroxylation is 1. The summed E-state index contributed by atoms with van der Waals surface area (Å²) in [6.07, 6.45) is 0.957. The molecule has 0 bridgehead atoms. The summed E-state index contributed by atoms with van der Waals surface area (Å²) in [5.41, 5.74) is 3.68. The van der Waals surface area contributed by atoms with Crippen LogP contribution in [0.5, 0.6) is 5.75 Å². The first-order valence-corrected chi connectivity index (χ1v) is 12.8. The van der Waals surface area contributed by atoms with Crippen molar-refractivity contribution < 1.29 is 14.5 Å². The number of nitro benzene ring substituents is 1. The number of carbonyl (C=O) groups excluding carboxylic acids is 1. The number of benzene rings is 2. The number of aromatic nitrogens is 1. The Morgan fingerprint density at radius 3 is 2.76 bits per heavy atom. The van der Waals surface area contributed by atoms with E-state index in [4.69, 9.17) is 4.74 Å². The van der Waals surface area contributed by atoms with Crippen molar-refractivity contribution in [3.63, 3.8) is 0 Å². The van der Waals surface area contributed by atoms with E-state index in [0.29, 0.717) is 23.5 Å². The summed E-state index contributed by atoms with van der Waals surface area (Å²) in [4.78, 5) is 33.3. The molecule has 3 heterocycles. The third kappa shape index (κ3) is 4.94. The number of piperazine rings is 1. The van der Waals surface area contributed by atoms with Crippen LogP contribution in [0.3, 0.4) is 0 Å². The van der Waals surface area contributed by atoms with Crippen LogP contribution in [0.25, 0.3) is 0 Å². The van der Waals surface area contributed by atoms with Crippen molar-refractivity contribution in [2.45, 2.75) is 29.1 Å². The van der Waals surface area contributed by atoms with Crippen LogP contribution in [0.15, 0.2) is 51.0 Å². The molecular weight excluding hydrogens is 472 g/mol. The maximum atomic E-state index is 13.1. The van der Waals surface area contributed by atoms with Gasteiger partial charge >= 0.3 is 0 Å². The fourth-order valence-electron chi connectivity index (χ4n) is 4.24. The predicted octanol–water partition coefficient (Wildman–Crippen LogP) is 4.40. The Morgan fingerprint density at radius 1 is 1.21 bits per heavy atom. The lowest BCUT2D eigenvalue weighted by molar-refractivity contribution is -0.387. The Kier molecular flexibility index (Phi) is 6.53. The Labute approximate surface area is 205 Å². The van der Waals surface area contributed by atoms with Crippen LogP contribution in [-0.2, 0) is 13.0 Å². The molecule has 1 fully saturated rings. The highest BCUT2D eigenvalue weighted by Crippen LogP contribution is 2.37. The lowest BCUT2D eigenvalue weighted by Crippen LogP contribution is -2.48. The number of nitrogens with zero attached hydrogens (tertiary/aromatic N) is 4. The number of carbonyl (C=O) groups is 1. The number of nitro groups is 1. The Morgan fingerprint density at radius 2 is 2.03 bits per heavy atom. The molecule has 2 aliphatic heterocycles. The molecule has 2 aromatic carbocycles. The van der Waals surface area contributed by atoms with Crippen LogP contribution in [-0.4, -0.2) is 58.4 Å². The highest BCUT2D eigenvalue weighted by atomic mass is 32.2. The number of thiazole rings is 1. The molecule has 2 aliphatic rings. The minimum atomic E-state index is -0.431. The van der Waals surface area contributed by atoms with Crippen LogP contribution in [0.2, 0.25) is 0 Å². The van der Waals surface area contributed by atoms with E-state index in [-0.39, 0.29) is 11.6 Å². The molecule has 0 N–H and O–H groups in total. The Balaban J connectivity index is 1.22. The predicted molar refractivity (Wildman–Crippen MR) is 131 cm³/mol. The molecule has 8 nitrogen and oxygen atoms in total. The monoisotopic (exact) mass is 496 g/mol. The molecule has 0 radical (unpaired) electrons. The molecule has 1 amide bonds. The smallest absolute Gasteiger partial charge is 0.284 e. The number of fused-ring (bicyclic) bond motifs is 1. The first-order valence-electron chi connectivity index (χ1n) is 11.1. The molecule has 0 spiro atoms. The lowest BCUT2D eigenvalue weighted by Gasteiger charge is -2.34. The maximum Gasteiger partial charge on any atom is 0.284 e. The Bertz CT molecular complexity index is 1240. The second-order valence-corrected chi connectivity index (χ2v) is 10.6. The zero-order chi connectivity index (χ0) is 23.7. The zero-order valence-corrected chi connectivity index (χ0v) is 20.4. The van der Waals surface area contributed by atoms with Crippen LogP contribution in [0, 0.1) is 17.0 Å². The largest absolute Gasteiger partial charge is 0.493 e. The third-order valence-electron chi connectivity index (χ3n) is 6.02. The van der Waals surface area contributed by atoms with E-state index < -0.39 is 4.92 Å². The standard InChI is InChI=1S/C24H24N4O4S2/c1-16-15-33-24(25-16)34-22-5-3-19(13-20(22)28(30)31)23(29)27-9-7-26(8-10-27)14-17-2-4-21-18(12-17)6-11-32-21/h2-5,12-13,15H,6-11,14H2,1H3. The van der Waals surface area contributed by atoms with Crippen molar-refractivity contribution >= 4 is 34.7 Å². The number of ether oxygens (including phenoxy) is 1. The van der Waals surface area contributed by atoms with E-state index in [2.05, 4.69) is 22.0 Å². The van der Waals surface area contributed by atoms with E-state index >= 15 is 0 Å². The molecule has 1 aromatic heterocycles. The molecule has 10 heteroatoms. The van der Waals surface area contributed by atoms with Gasteiger partial charge in [0.15, 0.2) is 4.34 Å². The number of hydrogen-bond acceptors (Lipinski definition) is 8. The van der Waals surface area contributed by atoms with Crippen molar-refractivity contribution in [2.24, 2.45) is 0 Å². The molecular formula is C24H24N4O4S2. The minimum absolute atomic E-state index is 0.0667. The molecule has 5 rings (SSSR count). The van der Waals surface area contributed by atoms with Gasteiger partial charge < -0.3 is 9.64 Å². The number of hydrogen-bond donors (Lipinski definition) is 0. The summed E-state index contributed by atoms with van der Waals surface area (Å²) in [5, 5.41) is 13.6. The summed E-state index contributed by atoms with van der Waals surface area (Å²) in [6.45, 7) is 6.19. The zero-order valence-electron chi connectivity index (χ0n) is 18.7. The van der Waals surface area contributed by atoms with E-state index in [0.717, 1.165) is 48.4 Å². The van der Waals surface area contributed by atoms with Gasteiger partial charge in [0.05, 0.1) is 16.4 Å². The normalized spacial score (nSPS) is 15.7. The van der Waals surface area contributed by atoms with Crippen molar-refractivity contribution in [1.82, 2.24) is 14.8 Å². The van der Waals surface area contributed by atoms with Gasteiger partial charge in [-0.25, -0.2) is 4.98 Å².